The highest BCUT2D eigenvalue weighted by Gasteiger charge is 2.07. The lowest BCUT2D eigenvalue weighted by Crippen LogP contribution is -1.91. The molecule has 0 aliphatic heterocycles. The summed E-state index contributed by atoms with van der Waals surface area (Å²) in [7, 11) is 0. The highest BCUT2D eigenvalue weighted by molar-refractivity contribution is 6.29. The lowest BCUT2D eigenvalue weighted by atomic mass is 10.3. The number of nitrogens with zero attached hydrogens (tertiary/aromatic N) is 3. The van der Waals surface area contributed by atoms with Gasteiger partial charge in [0.25, 0.3) is 5.69 Å². The SMILES string of the molecule is O=[N+]([O-])c1cccc(Oc2cncc(Cl)n2)c1. The lowest BCUT2D eigenvalue weighted by Gasteiger charge is -2.03. The molecule has 1 aromatic carbocycles. The van der Waals surface area contributed by atoms with E-state index >= 15 is 0 Å². The van der Waals surface area contributed by atoms with E-state index in [0.717, 1.165) is 0 Å². The van der Waals surface area contributed by atoms with Gasteiger partial charge in [0.05, 0.1) is 23.4 Å². The van der Waals surface area contributed by atoms with Gasteiger partial charge in [-0.2, -0.15) is 4.98 Å². The van der Waals surface area contributed by atoms with Gasteiger partial charge in [0.15, 0.2) is 5.15 Å². The zero-order chi connectivity index (χ0) is 12.3. The fourth-order valence-corrected chi connectivity index (χ4v) is 1.30. The molecular weight excluding hydrogens is 246 g/mol. The third-order valence-corrected chi connectivity index (χ3v) is 2.02. The number of hydrogen-bond donors (Lipinski definition) is 0. The maximum atomic E-state index is 10.6. The minimum atomic E-state index is -0.503. The zero-order valence-corrected chi connectivity index (χ0v) is 9.16. The number of benzene rings is 1. The van der Waals surface area contributed by atoms with E-state index in [1.54, 1.807) is 6.07 Å². The molecular formula is C10H6ClN3O3. The van der Waals surface area contributed by atoms with Gasteiger partial charge in [-0.1, -0.05) is 17.7 Å². The fourth-order valence-electron chi connectivity index (χ4n) is 1.16. The molecule has 0 fully saturated rings. The number of halogens is 1. The Hall–Kier alpha value is -2.21. The van der Waals surface area contributed by atoms with E-state index in [4.69, 9.17) is 16.3 Å². The summed E-state index contributed by atoms with van der Waals surface area (Å²) >= 11 is 5.63. The molecule has 86 valence electrons. The number of aromatic nitrogens is 2. The quantitative estimate of drug-likeness (QED) is 0.619. The van der Waals surface area contributed by atoms with Gasteiger partial charge >= 0.3 is 0 Å². The smallest absolute Gasteiger partial charge is 0.273 e. The van der Waals surface area contributed by atoms with Gasteiger partial charge in [-0.25, -0.2) is 0 Å². The summed E-state index contributed by atoms with van der Waals surface area (Å²) in [5, 5.41) is 10.7. The van der Waals surface area contributed by atoms with Crippen molar-refractivity contribution in [3.8, 4) is 11.6 Å². The highest BCUT2D eigenvalue weighted by Crippen LogP contribution is 2.23. The Morgan fingerprint density at radius 1 is 1.35 bits per heavy atom. The van der Waals surface area contributed by atoms with E-state index in [0.29, 0.717) is 5.75 Å². The number of hydrogen-bond acceptors (Lipinski definition) is 5. The molecule has 0 atom stereocenters. The van der Waals surface area contributed by atoms with Gasteiger partial charge < -0.3 is 4.74 Å². The maximum Gasteiger partial charge on any atom is 0.273 e. The third-order valence-electron chi connectivity index (χ3n) is 1.83. The zero-order valence-electron chi connectivity index (χ0n) is 8.41. The Labute approximate surface area is 101 Å². The van der Waals surface area contributed by atoms with E-state index in [-0.39, 0.29) is 16.7 Å². The molecule has 0 saturated heterocycles. The Balaban J connectivity index is 2.24. The first-order valence-electron chi connectivity index (χ1n) is 4.55. The predicted molar refractivity (Wildman–Crippen MR) is 60.2 cm³/mol. The van der Waals surface area contributed by atoms with Crippen LogP contribution in [0.25, 0.3) is 0 Å². The standard InChI is InChI=1S/C10H6ClN3O3/c11-9-5-12-6-10(13-9)17-8-3-1-2-7(4-8)14(15)16/h1-6H. The molecule has 6 nitrogen and oxygen atoms in total. The first-order valence-corrected chi connectivity index (χ1v) is 4.93. The summed E-state index contributed by atoms with van der Waals surface area (Å²) in [4.78, 5) is 17.7. The number of rotatable bonds is 3. The number of nitro benzene ring substituents is 1. The van der Waals surface area contributed by atoms with Crippen molar-refractivity contribution in [3.63, 3.8) is 0 Å². The van der Waals surface area contributed by atoms with Gasteiger partial charge in [-0.15, -0.1) is 0 Å². The van der Waals surface area contributed by atoms with Crippen molar-refractivity contribution >= 4 is 17.3 Å². The van der Waals surface area contributed by atoms with Crippen LogP contribution in [0.5, 0.6) is 11.6 Å². The van der Waals surface area contributed by atoms with Crippen molar-refractivity contribution in [1.29, 1.82) is 0 Å². The molecule has 1 aromatic heterocycles. The monoisotopic (exact) mass is 251 g/mol. The molecule has 0 bridgehead atoms. The van der Waals surface area contributed by atoms with Crippen LogP contribution < -0.4 is 4.74 Å². The summed E-state index contributed by atoms with van der Waals surface area (Å²) in [5.41, 5.74) is -0.0579. The summed E-state index contributed by atoms with van der Waals surface area (Å²) in [6, 6.07) is 5.76. The van der Waals surface area contributed by atoms with Crippen molar-refractivity contribution in [3.05, 3.63) is 51.9 Å². The molecule has 0 radical (unpaired) electrons. The number of ether oxygens (including phenoxy) is 1. The van der Waals surface area contributed by atoms with Gasteiger partial charge in [-0.05, 0) is 6.07 Å². The molecule has 7 heteroatoms. The van der Waals surface area contributed by atoms with Crippen LogP contribution in [0.4, 0.5) is 5.69 Å². The number of nitro groups is 1. The summed E-state index contributed by atoms with van der Waals surface area (Å²) in [6.07, 6.45) is 2.73. The van der Waals surface area contributed by atoms with Crippen LogP contribution >= 0.6 is 11.6 Å². The fraction of sp³-hybridized carbons (Fsp3) is 0. The Kier molecular flexibility index (Phi) is 3.15. The maximum absolute atomic E-state index is 10.6. The van der Waals surface area contributed by atoms with E-state index in [1.165, 1.54) is 30.6 Å². The second-order valence-corrected chi connectivity index (χ2v) is 3.42. The van der Waals surface area contributed by atoms with Crippen molar-refractivity contribution in [2.45, 2.75) is 0 Å². The van der Waals surface area contributed by atoms with Crippen molar-refractivity contribution < 1.29 is 9.66 Å². The normalized spacial score (nSPS) is 9.94. The summed E-state index contributed by atoms with van der Waals surface area (Å²) in [5.74, 6) is 0.480. The molecule has 0 aliphatic rings. The first-order chi connectivity index (χ1) is 8.15. The topological polar surface area (TPSA) is 78.2 Å². The lowest BCUT2D eigenvalue weighted by molar-refractivity contribution is -0.384. The van der Waals surface area contributed by atoms with E-state index in [1.807, 2.05) is 0 Å². The first kappa shape index (κ1) is 11.3. The average molecular weight is 252 g/mol. The molecule has 0 N–H and O–H groups in total. The van der Waals surface area contributed by atoms with Crippen LogP contribution in [0.2, 0.25) is 5.15 Å². The molecule has 0 spiro atoms. The third kappa shape index (κ3) is 2.88. The van der Waals surface area contributed by atoms with Gasteiger partial charge in [0.1, 0.15) is 5.75 Å². The second-order valence-electron chi connectivity index (χ2n) is 3.04. The number of non-ortho nitro benzene ring substituents is 1. The Morgan fingerprint density at radius 3 is 2.88 bits per heavy atom. The van der Waals surface area contributed by atoms with Crippen LogP contribution in [0.3, 0.4) is 0 Å². The minimum absolute atomic E-state index is 0.0579. The van der Waals surface area contributed by atoms with Crippen LogP contribution in [0.15, 0.2) is 36.7 Å². The van der Waals surface area contributed by atoms with Crippen LogP contribution in [0, 0.1) is 10.1 Å². The van der Waals surface area contributed by atoms with Crippen LogP contribution in [-0.4, -0.2) is 14.9 Å². The van der Waals surface area contributed by atoms with Gasteiger partial charge in [0.2, 0.25) is 5.88 Å². The molecule has 2 aromatic rings. The Bertz CT molecular complexity index is 562. The van der Waals surface area contributed by atoms with Gasteiger partial charge in [-0.3, -0.25) is 15.1 Å². The van der Waals surface area contributed by atoms with Crippen molar-refractivity contribution in [2.24, 2.45) is 0 Å². The summed E-state index contributed by atoms with van der Waals surface area (Å²) in [6.45, 7) is 0. The minimum Gasteiger partial charge on any atom is -0.437 e. The summed E-state index contributed by atoms with van der Waals surface area (Å²) < 4.78 is 5.29. The molecule has 1 heterocycles. The van der Waals surface area contributed by atoms with Crippen LogP contribution in [-0.2, 0) is 0 Å². The van der Waals surface area contributed by atoms with E-state index in [9.17, 15) is 10.1 Å². The largest absolute Gasteiger partial charge is 0.437 e. The predicted octanol–water partition coefficient (Wildman–Crippen LogP) is 2.83. The van der Waals surface area contributed by atoms with Crippen molar-refractivity contribution in [1.82, 2.24) is 9.97 Å². The molecule has 0 saturated carbocycles. The molecule has 2 rings (SSSR count). The van der Waals surface area contributed by atoms with E-state index in [2.05, 4.69) is 9.97 Å². The van der Waals surface area contributed by atoms with Crippen molar-refractivity contribution in [2.75, 3.05) is 0 Å². The molecule has 17 heavy (non-hydrogen) atoms. The Morgan fingerprint density at radius 2 is 2.18 bits per heavy atom. The molecule has 0 amide bonds. The highest BCUT2D eigenvalue weighted by atomic mass is 35.5. The van der Waals surface area contributed by atoms with Gasteiger partial charge in [0, 0.05) is 6.07 Å². The second kappa shape index (κ2) is 4.75. The molecule has 0 aliphatic carbocycles. The average Bonchev–Trinajstić information content (AvgIpc) is 2.29. The van der Waals surface area contributed by atoms with Crippen LogP contribution in [0.1, 0.15) is 0 Å². The molecule has 0 unspecified atom stereocenters. The van der Waals surface area contributed by atoms with E-state index < -0.39 is 4.92 Å².